The van der Waals surface area contributed by atoms with Crippen LogP contribution in [0.2, 0.25) is 0 Å². The third-order valence-corrected chi connectivity index (χ3v) is 8.12. The lowest BCUT2D eigenvalue weighted by Crippen LogP contribution is -2.48. The molecule has 6 rings (SSSR count). The van der Waals surface area contributed by atoms with Gasteiger partial charge in [0.25, 0.3) is 0 Å². The second-order valence-corrected chi connectivity index (χ2v) is 10.5. The van der Waals surface area contributed by atoms with Crippen molar-refractivity contribution in [2.45, 2.75) is 32.2 Å². The van der Waals surface area contributed by atoms with Crippen LogP contribution in [0.5, 0.6) is 0 Å². The predicted molar refractivity (Wildman–Crippen MR) is 160 cm³/mol. The average Bonchev–Trinajstić information content (AvgIpc) is 3.45. The fourth-order valence-electron chi connectivity index (χ4n) is 5.77. The Morgan fingerprint density at radius 1 is 1.02 bits per heavy atom. The van der Waals surface area contributed by atoms with Gasteiger partial charge in [-0.05, 0) is 67.9 Å². The molecule has 0 aliphatic carbocycles. The van der Waals surface area contributed by atoms with E-state index in [0.717, 1.165) is 91.5 Å². The Balaban J connectivity index is 1.26. The highest BCUT2D eigenvalue weighted by Crippen LogP contribution is 2.36. The van der Waals surface area contributed by atoms with Crippen molar-refractivity contribution in [2.75, 3.05) is 61.4 Å². The second kappa shape index (κ2) is 11.5. The van der Waals surface area contributed by atoms with Gasteiger partial charge >= 0.3 is 0 Å². The van der Waals surface area contributed by atoms with Crippen LogP contribution in [0.25, 0.3) is 22.2 Å². The summed E-state index contributed by atoms with van der Waals surface area (Å²) in [5.74, 6) is 1.71. The Morgan fingerprint density at radius 3 is 2.45 bits per heavy atom. The molecule has 3 aromatic heterocycles. The molecule has 0 bridgehead atoms. The van der Waals surface area contributed by atoms with Crippen LogP contribution < -0.4 is 20.4 Å². The normalized spacial score (nSPS) is 16.4. The van der Waals surface area contributed by atoms with Crippen LogP contribution in [0, 0.1) is 0 Å². The molecule has 2 aliphatic rings. The van der Waals surface area contributed by atoms with Crippen LogP contribution in [0.3, 0.4) is 0 Å². The Kier molecular flexibility index (Phi) is 7.50. The minimum absolute atomic E-state index is 0.233. The van der Waals surface area contributed by atoms with Crippen molar-refractivity contribution in [3.63, 3.8) is 0 Å². The average molecular weight is 540 g/mol. The van der Waals surface area contributed by atoms with Gasteiger partial charge in [-0.2, -0.15) is 9.97 Å². The summed E-state index contributed by atoms with van der Waals surface area (Å²) >= 11 is 0. The standard InChI is InChI=1S/C30H37N9O/c1-3-26(40)39-18-16-38(17-19-39)24-6-4-22(5-7-24)34-30-35-28-27(25(20-33-28)21-8-12-31-13-9-21)29(36-30)37(2)23-10-14-32-15-11-23/h4-9,12-13,20,23,32H,3,10-11,14-19H2,1-2H3,(H2,33,34,35,36). The summed E-state index contributed by atoms with van der Waals surface area (Å²) in [5.41, 5.74) is 5.05. The van der Waals surface area contributed by atoms with Gasteiger partial charge in [0.05, 0.1) is 5.39 Å². The molecule has 3 N–H and O–H groups in total. The number of nitrogens with zero attached hydrogens (tertiary/aromatic N) is 6. The van der Waals surface area contributed by atoms with Gasteiger partial charge in [-0.1, -0.05) is 6.92 Å². The van der Waals surface area contributed by atoms with Gasteiger partial charge < -0.3 is 30.3 Å². The lowest BCUT2D eigenvalue weighted by Gasteiger charge is -2.36. The van der Waals surface area contributed by atoms with Gasteiger partial charge in [-0.3, -0.25) is 9.78 Å². The maximum Gasteiger partial charge on any atom is 0.231 e. The highest BCUT2D eigenvalue weighted by molar-refractivity contribution is 6.02. The first kappa shape index (κ1) is 26.1. The maximum absolute atomic E-state index is 12.0. The molecule has 0 spiro atoms. The number of carbonyl (C=O) groups is 1. The van der Waals surface area contributed by atoms with Crippen LogP contribution >= 0.6 is 0 Å². The smallest absolute Gasteiger partial charge is 0.231 e. The number of amides is 1. The van der Waals surface area contributed by atoms with Crippen molar-refractivity contribution in [1.29, 1.82) is 0 Å². The number of fused-ring (bicyclic) bond motifs is 1. The first-order valence-electron chi connectivity index (χ1n) is 14.2. The highest BCUT2D eigenvalue weighted by Gasteiger charge is 2.25. The Hall–Kier alpha value is -4.18. The van der Waals surface area contributed by atoms with Gasteiger partial charge in [-0.25, -0.2) is 0 Å². The number of pyridine rings is 1. The molecule has 2 fully saturated rings. The predicted octanol–water partition coefficient (Wildman–Crippen LogP) is 4.01. The zero-order chi connectivity index (χ0) is 27.5. The number of benzene rings is 1. The molecule has 208 valence electrons. The molecule has 40 heavy (non-hydrogen) atoms. The number of anilines is 4. The Bertz CT molecular complexity index is 1440. The fourth-order valence-corrected chi connectivity index (χ4v) is 5.77. The molecular weight excluding hydrogens is 502 g/mol. The Labute approximate surface area is 234 Å². The van der Waals surface area contributed by atoms with Crippen molar-refractivity contribution in [3.8, 4) is 11.1 Å². The topological polar surface area (TPSA) is 105 Å². The monoisotopic (exact) mass is 539 g/mol. The van der Waals surface area contributed by atoms with E-state index in [-0.39, 0.29) is 5.91 Å². The summed E-state index contributed by atoms with van der Waals surface area (Å²) in [6.07, 6.45) is 8.35. The molecule has 5 heterocycles. The molecule has 4 aromatic rings. The number of hydrogen-bond donors (Lipinski definition) is 3. The summed E-state index contributed by atoms with van der Waals surface area (Å²) in [7, 11) is 2.15. The number of H-pyrrole nitrogens is 1. The lowest BCUT2D eigenvalue weighted by atomic mass is 10.0. The minimum atomic E-state index is 0.233. The number of carbonyl (C=O) groups excluding carboxylic acids is 1. The van der Waals surface area contributed by atoms with Gasteiger partial charge in [0.2, 0.25) is 11.9 Å². The minimum Gasteiger partial charge on any atom is -0.368 e. The highest BCUT2D eigenvalue weighted by atomic mass is 16.2. The maximum atomic E-state index is 12.0. The molecule has 0 unspecified atom stereocenters. The van der Waals surface area contributed by atoms with E-state index in [1.807, 2.05) is 42.5 Å². The van der Waals surface area contributed by atoms with Crippen LogP contribution in [-0.2, 0) is 4.79 Å². The van der Waals surface area contributed by atoms with E-state index in [1.54, 1.807) is 0 Å². The molecule has 2 aliphatic heterocycles. The van der Waals surface area contributed by atoms with Crippen molar-refractivity contribution in [2.24, 2.45) is 0 Å². The number of hydrogen-bond acceptors (Lipinski definition) is 8. The van der Waals surface area contributed by atoms with E-state index in [4.69, 9.17) is 9.97 Å². The number of nitrogens with one attached hydrogen (secondary N) is 3. The molecule has 2 saturated heterocycles. The largest absolute Gasteiger partial charge is 0.368 e. The zero-order valence-electron chi connectivity index (χ0n) is 23.2. The van der Waals surface area contributed by atoms with E-state index in [1.165, 1.54) is 0 Å². The van der Waals surface area contributed by atoms with Gasteiger partial charge in [0, 0.05) is 81.2 Å². The van der Waals surface area contributed by atoms with Crippen molar-refractivity contribution < 1.29 is 4.79 Å². The first-order chi connectivity index (χ1) is 19.6. The number of piperazine rings is 1. The van der Waals surface area contributed by atoms with Crippen LogP contribution in [-0.4, -0.2) is 83.1 Å². The van der Waals surface area contributed by atoms with E-state index in [9.17, 15) is 4.79 Å². The molecular formula is C30H37N9O. The molecule has 0 saturated carbocycles. The number of rotatable bonds is 7. The van der Waals surface area contributed by atoms with Crippen LogP contribution in [0.15, 0.2) is 55.0 Å². The summed E-state index contributed by atoms with van der Waals surface area (Å²) < 4.78 is 0. The Morgan fingerprint density at radius 2 is 1.75 bits per heavy atom. The lowest BCUT2D eigenvalue weighted by molar-refractivity contribution is -0.131. The van der Waals surface area contributed by atoms with Gasteiger partial charge in [0.15, 0.2) is 0 Å². The zero-order valence-corrected chi connectivity index (χ0v) is 23.2. The van der Waals surface area contributed by atoms with Crippen LogP contribution in [0.1, 0.15) is 26.2 Å². The molecule has 10 nitrogen and oxygen atoms in total. The quantitative estimate of drug-likeness (QED) is 0.324. The fraction of sp³-hybridized carbons (Fsp3) is 0.400. The van der Waals surface area contributed by atoms with E-state index < -0.39 is 0 Å². The summed E-state index contributed by atoms with van der Waals surface area (Å²) in [6, 6.07) is 12.8. The number of aromatic amines is 1. The third-order valence-electron chi connectivity index (χ3n) is 8.12. The van der Waals surface area contributed by atoms with E-state index in [0.29, 0.717) is 18.4 Å². The summed E-state index contributed by atoms with van der Waals surface area (Å²) in [4.78, 5) is 36.2. The second-order valence-electron chi connectivity index (χ2n) is 10.5. The number of piperidine rings is 1. The van der Waals surface area contributed by atoms with E-state index in [2.05, 4.69) is 61.7 Å². The van der Waals surface area contributed by atoms with Crippen molar-refractivity contribution in [3.05, 3.63) is 55.0 Å². The van der Waals surface area contributed by atoms with Crippen LogP contribution in [0.4, 0.5) is 23.1 Å². The van der Waals surface area contributed by atoms with Gasteiger partial charge in [0.1, 0.15) is 11.5 Å². The molecule has 0 radical (unpaired) electrons. The SMILES string of the molecule is CCC(=O)N1CCN(c2ccc(Nc3nc(N(C)C4CCNCC4)c4c(-c5ccncc5)c[nH]c4n3)cc2)CC1. The van der Waals surface area contributed by atoms with E-state index >= 15 is 0 Å². The van der Waals surface area contributed by atoms with Crippen molar-refractivity contribution >= 4 is 40.1 Å². The molecule has 10 heteroatoms. The summed E-state index contributed by atoms with van der Waals surface area (Å²) in [6.45, 7) is 7.17. The first-order valence-corrected chi connectivity index (χ1v) is 14.2. The number of aromatic nitrogens is 4. The summed E-state index contributed by atoms with van der Waals surface area (Å²) in [5, 5.41) is 7.93. The molecule has 1 aromatic carbocycles. The van der Waals surface area contributed by atoms with Crippen molar-refractivity contribution in [1.82, 2.24) is 30.2 Å². The molecule has 0 atom stereocenters. The molecule has 1 amide bonds. The third kappa shape index (κ3) is 5.31. The van der Waals surface area contributed by atoms with Gasteiger partial charge in [-0.15, -0.1) is 0 Å².